The van der Waals surface area contributed by atoms with E-state index in [2.05, 4.69) is 15.7 Å². The third kappa shape index (κ3) is 2.92. The van der Waals surface area contributed by atoms with Gasteiger partial charge in [0.05, 0.1) is 10.7 Å². The van der Waals surface area contributed by atoms with Gasteiger partial charge in [-0.1, -0.05) is 11.6 Å². The SMILES string of the molecule is CNC(=O)C(=O)Nc1ccc(-n2cccn2)c(Cl)c1. The largest absolute Gasteiger partial charge is 0.351 e. The van der Waals surface area contributed by atoms with Crippen LogP contribution in [0.5, 0.6) is 0 Å². The Bertz CT molecular complexity index is 610. The van der Waals surface area contributed by atoms with Crippen LogP contribution < -0.4 is 10.6 Å². The standard InChI is InChI=1S/C12H11ClN4O2/c1-14-11(18)12(19)16-8-3-4-10(9(13)7-8)17-6-2-5-15-17/h2-7H,1H3,(H,14,18)(H,16,19). The molecule has 98 valence electrons. The van der Waals surface area contributed by atoms with E-state index in [0.717, 1.165) is 0 Å². The first-order chi connectivity index (χ1) is 9.11. The van der Waals surface area contributed by atoms with Gasteiger partial charge in [-0.3, -0.25) is 9.59 Å². The molecule has 2 N–H and O–H groups in total. The highest BCUT2D eigenvalue weighted by Crippen LogP contribution is 2.23. The summed E-state index contributed by atoms with van der Waals surface area (Å²) >= 11 is 6.11. The van der Waals surface area contributed by atoms with Crippen LogP contribution >= 0.6 is 11.6 Å². The average molecular weight is 279 g/mol. The lowest BCUT2D eigenvalue weighted by Gasteiger charge is -2.08. The van der Waals surface area contributed by atoms with Crippen LogP contribution in [0, 0.1) is 0 Å². The van der Waals surface area contributed by atoms with Gasteiger partial charge < -0.3 is 10.6 Å². The molecule has 7 heteroatoms. The Morgan fingerprint density at radius 2 is 2.11 bits per heavy atom. The molecular weight excluding hydrogens is 268 g/mol. The van der Waals surface area contributed by atoms with Crippen LogP contribution in [0.2, 0.25) is 5.02 Å². The monoisotopic (exact) mass is 278 g/mol. The molecule has 0 aliphatic heterocycles. The molecule has 0 spiro atoms. The lowest BCUT2D eigenvalue weighted by molar-refractivity contribution is -0.135. The van der Waals surface area contributed by atoms with Crippen molar-refractivity contribution in [1.82, 2.24) is 15.1 Å². The Balaban J connectivity index is 2.20. The van der Waals surface area contributed by atoms with Crippen LogP contribution in [-0.2, 0) is 9.59 Å². The van der Waals surface area contributed by atoms with Crippen LogP contribution in [0.1, 0.15) is 0 Å². The van der Waals surface area contributed by atoms with Gasteiger partial charge in [-0.05, 0) is 24.3 Å². The number of aromatic nitrogens is 2. The predicted molar refractivity (Wildman–Crippen MR) is 71.3 cm³/mol. The Kier molecular flexibility index (Phi) is 3.82. The number of amides is 2. The molecule has 0 atom stereocenters. The summed E-state index contributed by atoms with van der Waals surface area (Å²) in [6, 6.07) is 6.68. The van der Waals surface area contributed by atoms with Crippen LogP contribution in [0.3, 0.4) is 0 Å². The van der Waals surface area contributed by atoms with Crippen molar-refractivity contribution in [3.8, 4) is 5.69 Å². The predicted octanol–water partition coefficient (Wildman–Crippen LogP) is 1.21. The minimum atomic E-state index is -0.745. The van der Waals surface area contributed by atoms with Gasteiger partial charge >= 0.3 is 11.8 Å². The molecule has 2 rings (SSSR count). The van der Waals surface area contributed by atoms with Crippen molar-refractivity contribution in [2.75, 3.05) is 12.4 Å². The van der Waals surface area contributed by atoms with Crippen LogP contribution in [-0.4, -0.2) is 28.6 Å². The Morgan fingerprint density at radius 1 is 1.32 bits per heavy atom. The van der Waals surface area contributed by atoms with E-state index >= 15 is 0 Å². The molecule has 6 nitrogen and oxygen atoms in total. The number of rotatable bonds is 2. The molecule has 1 heterocycles. The first-order valence-corrected chi connectivity index (χ1v) is 5.82. The number of nitrogens with zero attached hydrogens (tertiary/aromatic N) is 2. The summed E-state index contributed by atoms with van der Waals surface area (Å²) in [4.78, 5) is 22.5. The molecule has 0 aliphatic rings. The van der Waals surface area contributed by atoms with Crippen LogP contribution in [0.4, 0.5) is 5.69 Å². The normalized spacial score (nSPS) is 10.0. The number of benzene rings is 1. The number of hydrogen-bond acceptors (Lipinski definition) is 3. The summed E-state index contributed by atoms with van der Waals surface area (Å²) in [7, 11) is 1.38. The van der Waals surface area contributed by atoms with E-state index in [0.29, 0.717) is 16.4 Å². The molecule has 0 unspecified atom stereocenters. The van der Waals surface area contributed by atoms with Gasteiger partial charge in [0.2, 0.25) is 0 Å². The van der Waals surface area contributed by atoms with Crippen LogP contribution in [0.25, 0.3) is 5.69 Å². The second kappa shape index (κ2) is 5.53. The van der Waals surface area contributed by atoms with Crippen molar-refractivity contribution in [1.29, 1.82) is 0 Å². The van der Waals surface area contributed by atoms with Gasteiger partial charge in [-0.15, -0.1) is 0 Å². The van der Waals surface area contributed by atoms with E-state index in [1.807, 2.05) is 0 Å². The van der Waals surface area contributed by atoms with Gasteiger partial charge in [0, 0.05) is 25.1 Å². The van der Waals surface area contributed by atoms with E-state index < -0.39 is 11.8 Å². The number of nitrogens with one attached hydrogen (secondary N) is 2. The topological polar surface area (TPSA) is 76.0 Å². The summed E-state index contributed by atoms with van der Waals surface area (Å²) in [5.41, 5.74) is 1.12. The Labute approximate surface area is 114 Å². The first kappa shape index (κ1) is 13.1. The molecule has 0 saturated heterocycles. The molecule has 19 heavy (non-hydrogen) atoms. The molecule has 0 bridgehead atoms. The zero-order chi connectivity index (χ0) is 13.8. The van der Waals surface area contributed by atoms with Crippen molar-refractivity contribution in [3.05, 3.63) is 41.7 Å². The third-order valence-electron chi connectivity index (χ3n) is 2.39. The maximum absolute atomic E-state index is 11.4. The first-order valence-electron chi connectivity index (χ1n) is 5.44. The van der Waals surface area contributed by atoms with Crippen molar-refractivity contribution in [2.45, 2.75) is 0 Å². The van der Waals surface area contributed by atoms with Gasteiger partial charge in [0.25, 0.3) is 0 Å². The Morgan fingerprint density at radius 3 is 2.68 bits per heavy atom. The summed E-state index contributed by atoms with van der Waals surface area (Å²) < 4.78 is 1.60. The quantitative estimate of drug-likeness (QED) is 0.811. The van der Waals surface area contributed by atoms with E-state index in [1.54, 1.807) is 41.3 Å². The number of halogens is 1. The number of hydrogen-bond donors (Lipinski definition) is 2. The minimum absolute atomic E-state index is 0.415. The fraction of sp³-hybridized carbons (Fsp3) is 0.0833. The molecular formula is C12H11ClN4O2. The van der Waals surface area contributed by atoms with Gasteiger partial charge in [-0.25, -0.2) is 4.68 Å². The van der Waals surface area contributed by atoms with Gasteiger partial charge in [0.15, 0.2) is 0 Å². The maximum Gasteiger partial charge on any atom is 0.313 e. The zero-order valence-electron chi connectivity index (χ0n) is 10.1. The fourth-order valence-corrected chi connectivity index (χ4v) is 1.75. The lowest BCUT2D eigenvalue weighted by Crippen LogP contribution is -2.32. The summed E-state index contributed by atoms with van der Waals surface area (Å²) in [5, 5.41) is 9.15. The smallest absolute Gasteiger partial charge is 0.313 e. The number of likely N-dealkylation sites (N-methyl/N-ethyl adjacent to an activating group) is 1. The average Bonchev–Trinajstić information content (AvgIpc) is 2.91. The molecule has 2 aromatic rings. The number of anilines is 1. The Hall–Kier alpha value is -2.34. The number of carbonyl (C=O) groups is 2. The molecule has 1 aromatic heterocycles. The minimum Gasteiger partial charge on any atom is -0.351 e. The second-order valence-corrected chi connectivity index (χ2v) is 4.06. The van der Waals surface area contributed by atoms with E-state index in [-0.39, 0.29) is 0 Å². The summed E-state index contributed by atoms with van der Waals surface area (Å²) in [6.07, 6.45) is 3.39. The molecule has 2 amide bonds. The highest BCUT2D eigenvalue weighted by atomic mass is 35.5. The lowest BCUT2D eigenvalue weighted by atomic mass is 10.2. The molecule has 0 radical (unpaired) electrons. The second-order valence-electron chi connectivity index (χ2n) is 3.65. The molecule has 0 aliphatic carbocycles. The van der Waals surface area contributed by atoms with E-state index in [4.69, 9.17) is 11.6 Å². The van der Waals surface area contributed by atoms with Crippen molar-refractivity contribution >= 4 is 29.1 Å². The highest BCUT2D eigenvalue weighted by Gasteiger charge is 2.12. The number of carbonyl (C=O) groups excluding carboxylic acids is 2. The van der Waals surface area contributed by atoms with Gasteiger partial charge in [-0.2, -0.15) is 5.10 Å². The fourth-order valence-electron chi connectivity index (χ4n) is 1.48. The molecule has 0 fully saturated rings. The van der Waals surface area contributed by atoms with Crippen LogP contribution in [0.15, 0.2) is 36.7 Å². The highest BCUT2D eigenvalue weighted by molar-refractivity contribution is 6.39. The molecule has 0 saturated carbocycles. The summed E-state index contributed by atoms with van der Waals surface area (Å²) in [6.45, 7) is 0. The van der Waals surface area contributed by atoms with E-state index in [1.165, 1.54) is 7.05 Å². The van der Waals surface area contributed by atoms with Crippen molar-refractivity contribution in [2.24, 2.45) is 0 Å². The zero-order valence-corrected chi connectivity index (χ0v) is 10.8. The molecule has 1 aromatic carbocycles. The maximum atomic E-state index is 11.4. The summed E-state index contributed by atoms with van der Waals surface area (Å²) in [5.74, 6) is -1.46. The van der Waals surface area contributed by atoms with Gasteiger partial charge in [0.1, 0.15) is 0 Å². The van der Waals surface area contributed by atoms with Crippen molar-refractivity contribution in [3.63, 3.8) is 0 Å². The third-order valence-corrected chi connectivity index (χ3v) is 2.69. The van der Waals surface area contributed by atoms with E-state index in [9.17, 15) is 9.59 Å². The van der Waals surface area contributed by atoms with Crippen molar-refractivity contribution < 1.29 is 9.59 Å².